The Morgan fingerprint density at radius 2 is 1.82 bits per heavy atom. The molecule has 0 atom stereocenters. The highest BCUT2D eigenvalue weighted by molar-refractivity contribution is 6.39. The number of imide groups is 2. The molecule has 0 radical (unpaired) electrons. The van der Waals surface area contributed by atoms with Gasteiger partial charge >= 0.3 is 6.03 Å². The third-order valence-electron chi connectivity index (χ3n) is 5.71. The summed E-state index contributed by atoms with van der Waals surface area (Å²) in [5.41, 5.74) is 3.02. The van der Waals surface area contributed by atoms with Crippen molar-refractivity contribution in [2.24, 2.45) is 0 Å². The minimum absolute atomic E-state index is 0.0373. The summed E-state index contributed by atoms with van der Waals surface area (Å²) in [7, 11) is 0. The van der Waals surface area contributed by atoms with E-state index in [9.17, 15) is 14.4 Å². The number of benzene rings is 1. The van der Waals surface area contributed by atoms with Gasteiger partial charge in [-0.1, -0.05) is 25.0 Å². The van der Waals surface area contributed by atoms with E-state index in [0.717, 1.165) is 34.4 Å². The molecular weight excluding hydrogens is 354 g/mol. The van der Waals surface area contributed by atoms with Crippen LogP contribution in [0, 0.1) is 13.8 Å². The van der Waals surface area contributed by atoms with Crippen molar-refractivity contribution in [1.29, 1.82) is 0 Å². The summed E-state index contributed by atoms with van der Waals surface area (Å²) in [4.78, 5) is 38.8. The highest BCUT2D eigenvalue weighted by Gasteiger charge is 2.37. The third kappa shape index (κ3) is 3.15. The Kier molecular flexibility index (Phi) is 4.63. The molecule has 0 unspecified atom stereocenters. The van der Waals surface area contributed by atoms with Crippen LogP contribution in [0.25, 0.3) is 6.08 Å². The van der Waals surface area contributed by atoms with Crippen LogP contribution in [0.5, 0.6) is 0 Å². The SMILES string of the molecule is Cc1cccc(N2C(=O)NC(=O)/C(=C/c3ccn(C4CCCC4)c3)C2=O)c1C. The van der Waals surface area contributed by atoms with Gasteiger partial charge in [0.05, 0.1) is 5.69 Å². The molecule has 1 N–H and O–H groups in total. The zero-order valence-corrected chi connectivity index (χ0v) is 16.1. The number of carbonyl (C=O) groups is 3. The first-order valence-corrected chi connectivity index (χ1v) is 9.61. The van der Waals surface area contributed by atoms with Crippen molar-refractivity contribution in [2.75, 3.05) is 4.90 Å². The summed E-state index contributed by atoms with van der Waals surface area (Å²) < 4.78 is 2.15. The molecule has 1 aliphatic carbocycles. The number of nitrogens with zero attached hydrogens (tertiary/aromatic N) is 2. The molecule has 6 heteroatoms. The second kappa shape index (κ2) is 7.11. The lowest BCUT2D eigenvalue weighted by Crippen LogP contribution is -2.54. The Morgan fingerprint density at radius 1 is 1.07 bits per heavy atom. The number of nitrogens with one attached hydrogen (secondary N) is 1. The van der Waals surface area contributed by atoms with Gasteiger partial charge in [-0.3, -0.25) is 14.9 Å². The molecule has 144 valence electrons. The summed E-state index contributed by atoms with van der Waals surface area (Å²) >= 11 is 0. The predicted molar refractivity (Wildman–Crippen MR) is 107 cm³/mol. The predicted octanol–water partition coefficient (Wildman–Crippen LogP) is 3.89. The highest BCUT2D eigenvalue weighted by Crippen LogP contribution is 2.31. The van der Waals surface area contributed by atoms with Crippen molar-refractivity contribution in [3.05, 3.63) is 58.9 Å². The van der Waals surface area contributed by atoms with Crippen LogP contribution in [0.4, 0.5) is 10.5 Å². The fourth-order valence-electron chi connectivity index (χ4n) is 3.97. The van der Waals surface area contributed by atoms with E-state index >= 15 is 0 Å². The lowest BCUT2D eigenvalue weighted by Gasteiger charge is -2.28. The highest BCUT2D eigenvalue weighted by atomic mass is 16.2. The molecule has 6 nitrogen and oxygen atoms in total. The first-order valence-electron chi connectivity index (χ1n) is 9.61. The van der Waals surface area contributed by atoms with Crippen LogP contribution >= 0.6 is 0 Å². The number of rotatable bonds is 3. The number of barbiturate groups is 1. The van der Waals surface area contributed by atoms with Crippen LogP contribution in [0.3, 0.4) is 0 Å². The second-order valence-electron chi connectivity index (χ2n) is 7.51. The number of aromatic nitrogens is 1. The van der Waals surface area contributed by atoms with E-state index in [-0.39, 0.29) is 5.57 Å². The van der Waals surface area contributed by atoms with E-state index in [1.165, 1.54) is 12.8 Å². The lowest BCUT2D eigenvalue weighted by atomic mass is 10.0. The molecule has 2 fully saturated rings. The standard InChI is InChI=1S/C22H23N3O3/c1-14-6-5-9-19(15(14)2)25-21(27)18(20(26)23-22(25)28)12-16-10-11-24(13-16)17-7-3-4-8-17/h5-6,9-13,17H,3-4,7-8H2,1-2H3,(H,23,26,28)/b18-12-. The van der Waals surface area contributed by atoms with Gasteiger partial charge < -0.3 is 4.57 Å². The van der Waals surface area contributed by atoms with Crippen LogP contribution in [-0.2, 0) is 9.59 Å². The molecule has 0 spiro atoms. The van der Waals surface area contributed by atoms with Crippen LogP contribution in [0.15, 0.2) is 42.2 Å². The van der Waals surface area contributed by atoms with Crippen molar-refractivity contribution in [1.82, 2.24) is 9.88 Å². The van der Waals surface area contributed by atoms with Gasteiger partial charge in [0.2, 0.25) is 0 Å². The Hall–Kier alpha value is -3.15. The molecule has 1 saturated carbocycles. The molecule has 1 saturated heterocycles. The largest absolute Gasteiger partial charge is 0.351 e. The maximum atomic E-state index is 13.0. The van der Waals surface area contributed by atoms with Gasteiger partial charge in [0, 0.05) is 18.4 Å². The van der Waals surface area contributed by atoms with E-state index in [1.807, 2.05) is 38.4 Å². The van der Waals surface area contributed by atoms with Crippen molar-refractivity contribution in [3.63, 3.8) is 0 Å². The third-order valence-corrected chi connectivity index (χ3v) is 5.71. The first kappa shape index (κ1) is 18.2. The number of aryl methyl sites for hydroxylation is 1. The van der Waals surface area contributed by atoms with Crippen LogP contribution in [0.2, 0.25) is 0 Å². The second-order valence-corrected chi connectivity index (χ2v) is 7.51. The first-order chi connectivity index (χ1) is 13.5. The van der Waals surface area contributed by atoms with E-state index in [4.69, 9.17) is 0 Å². The van der Waals surface area contributed by atoms with Crippen molar-refractivity contribution < 1.29 is 14.4 Å². The molecule has 1 aliphatic heterocycles. The Labute approximate surface area is 163 Å². The molecule has 1 aromatic carbocycles. The molecule has 0 bridgehead atoms. The number of urea groups is 1. The lowest BCUT2D eigenvalue weighted by molar-refractivity contribution is -0.122. The van der Waals surface area contributed by atoms with Crippen LogP contribution < -0.4 is 10.2 Å². The minimum atomic E-state index is -0.718. The minimum Gasteiger partial charge on any atom is -0.351 e. The van der Waals surface area contributed by atoms with Gasteiger partial charge in [-0.2, -0.15) is 0 Å². The number of anilines is 1. The van der Waals surface area contributed by atoms with E-state index in [1.54, 1.807) is 18.2 Å². The molecule has 1 aromatic heterocycles. The fourth-order valence-corrected chi connectivity index (χ4v) is 3.97. The molecular formula is C22H23N3O3. The normalized spacial score (nSPS) is 19.6. The summed E-state index contributed by atoms with van der Waals surface area (Å²) in [5, 5.41) is 2.29. The van der Waals surface area contributed by atoms with Crippen molar-refractivity contribution in [2.45, 2.75) is 45.6 Å². The average molecular weight is 377 g/mol. The Balaban J connectivity index is 1.68. The van der Waals surface area contributed by atoms with Crippen LogP contribution in [0.1, 0.15) is 48.4 Å². The van der Waals surface area contributed by atoms with E-state index in [2.05, 4.69) is 9.88 Å². The summed E-state index contributed by atoms with van der Waals surface area (Å²) in [6.45, 7) is 3.77. The molecule has 2 aromatic rings. The van der Waals surface area contributed by atoms with Gasteiger partial charge in [0.1, 0.15) is 5.57 Å². The fraction of sp³-hybridized carbons (Fsp3) is 0.318. The maximum absolute atomic E-state index is 13.0. The number of amides is 4. The van der Waals surface area contributed by atoms with E-state index in [0.29, 0.717) is 11.7 Å². The Bertz CT molecular complexity index is 996. The summed E-state index contributed by atoms with van der Waals surface area (Å²) in [6.07, 6.45) is 10.3. The number of carbonyl (C=O) groups excluding carboxylic acids is 3. The monoisotopic (exact) mass is 377 g/mol. The van der Waals surface area contributed by atoms with Gasteiger partial charge in [-0.05, 0) is 61.6 Å². The van der Waals surface area contributed by atoms with Gasteiger partial charge in [-0.15, -0.1) is 0 Å². The smallest absolute Gasteiger partial charge is 0.335 e. The van der Waals surface area contributed by atoms with Gasteiger partial charge in [0.15, 0.2) is 0 Å². The number of hydrogen-bond donors (Lipinski definition) is 1. The Morgan fingerprint density at radius 3 is 2.57 bits per heavy atom. The van der Waals surface area contributed by atoms with Gasteiger partial charge in [0.25, 0.3) is 11.8 Å². The summed E-state index contributed by atoms with van der Waals surface area (Å²) in [6, 6.07) is 7.08. The zero-order valence-electron chi connectivity index (χ0n) is 16.1. The van der Waals surface area contributed by atoms with Crippen molar-refractivity contribution >= 4 is 29.6 Å². The zero-order chi connectivity index (χ0) is 19.8. The van der Waals surface area contributed by atoms with E-state index < -0.39 is 17.8 Å². The molecule has 4 amide bonds. The van der Waals surface area contributed by atoms with Gasteiger partial charge in [-0.25, -0.2) is 9.69 Å². The average Bonchev–Trinajstić information content (AvgIpc) is 3.33. The summed E-state index contributed by atoms with van der Waals surface area (Å²) in [5.74, 6) is -1.26. The van der Waals surface area contributed by atoms with Crippen molar-refractivity contribution in [3.8, 4) is 0 Å². The molecule has 2 heterocycles. The maximum Gasteiger partial charge on any atom is 0.335 e. The topological polar surface area (TPSA) is 71.4 Å². The quantitative estimate of drug-likeness (QED) is 0.652. The number of hydrogen-bond acceptors (Lipinski definition) is 3. The molecule has 28 heavy (non-hydrogen) atoms. The molecule has 4 rings (SSSR count). The van der Waals surface area contributed by atoms with Crippen LogP contribution in [-0.4, -0.2) is 22.4 Å². The molecule has 2 aliphatic rings.